The largest absolute Gasteiger partial charge is 0.370 e. The van der Waals surface area contributed by atoms with Crippen LogP contribution in [-0.2, 0) is 24.0 Å². The molecule has 0 saturated heterocycles. The Balaban J connectivity index is 3.18. The molecule has 8 N–H and O–H groups in total. The zero-order valence-electron chi connectivity index (χ0n) is 20.4. The smallest absolute Gasteiger partial charge is 0.243 e. The molecule has 1 rings (SSSR count). The Hall–Kier alpha value is -2.67. The van der Waals surface area contributed by atoms with Crippen molar-refractivity contribution in [1.82, 2.24) is 20.9 Å². The maximum atomic E-state index is 13.5. The molecule has 0 aliphatic heterocycles. The summed E-state index contributed by atoms with van der Waals surface area (Å²) in [7, 11) is 0. The topological polar surface area (TPSA) is 201 Å². The highest BCUT2D eigenvalue weighted by Crippen LogP contribution is 2.34. The number of guanidine groups is 1. The van der Waals surface area contributed by atoms with Crippen molar-refractivity contribution < 1.29 is 24.0 Å². The van der Waals surface area contributed by atoms with Crippen LogP contribution in [0, 0.1) is 5.41 Å². The zero-order valence-corrected chi connectivity index (χ0v) is 21.3. The summed E-state index contributed by atoms with van der Waals surface area (Å²) in [5, 5.41) is 13.8. The van der Waals surface area contributed by atoms with Crippen molar-refractivity contribution in [2.75, 3.05) is 19.6 Å². The molecule has 3 amide bonds. The molecule has 0 aromatic carbocycles. The molecule has 13 heteroatoms. The number of nitrogens with two attached hydrogens (primary N) is 2. The van der Waals surface area contributed by atoms with Gasteiger partial charge in [0.15, 0.2) is 17.3 Å². The molecule has 0 aromatic rings. The third kappa shape index (κ3) is 8.49. The second-order valence-corrected chi connectivity index (χ2v) is 9.25. The first kappa shape index (κ1) is 30.4. The van der Waals surface area contributed by atoms with E-state index < -0.39 is 52.9 Å². The van der Waals surface area contributed by atoms with Crippen LogP contribution in [0.3, 0.4) is 0 Å². The van der Waals surface area contributed by atoms with Crippen molar-refractivity contribution in [1.29, 1.82) is 5.41 Å². The van der Waals surface area contributed by atoms with Gasteiger partial charge in [0, 0.05) is 24.3 Å². The number of amides is 3. The van der Waals surface area contributed by atoms with Crippen LogP contribution in [0.5, 0.6) is 0 Å². The number of nitrogens with one attached hydrogen (secondary N) is 4. The Morgan fingerprint density at radius 1 is 1.14 bits per heavy atom. The maximum absolute atomic E-state index is 13.5. The van der Waals surface area contributed by atoms with Crippen molar-refractivity contribution in [3.05, 3.63) is 0 Å². The first-order valence-electron chi connectivity index (χ1n) is 11.8. The number of rotatable bonds is 14. The quantitative estimate of drug-likeness (QED) is 0.0646. The molecule has 0 aromatic heterocycles. The molecule has 1 aliphatic rings. The molecule has 12 nitrogen and oxygen atoms in total. The van der Waals surface area contributed by atoms with E-state index in [-0.39, 0.29) is 31.9 Å². The van der Waals surface area contributed by atoms with Gasteiger partial charge in [-0.15, -0.1) is 0 Å². The number of Topliss-reactive ketones (excluding diaryl/α,β-unsaturated/α-hetero) is 1. The highest BCUT2D eigenvalue weighted by molar-refractivity contribution is 7.81. The predicted molar refractivity (Wildman–Crippen MR) is 134 cm³/mol. The summed E-state index contributed by atoms with van der Waals surface area (Å²) >= 11 is 4.55. The van der Waals surface area contributed by atoms with Crippen molar-refractivity contribution in [2.24, 2.45) is 11.5 Å². The lowest BCUT2D eigenvalue weighted by atomic mass is 9.81. The molecule has 197 valence electrons. The minimum Gasteiger partial charge on any atom is -0.370 e. The second kappa shape index (κ2) is 14.7. The number of thiol groups is 1. The van der Waals surface area contributed by atoms with E-state index in [1.54, 1.807) is 6.92 Å². The lowest BCUT2D eigenvalue weighted by Gasteiger charge is -2.47. The molecule has 35 heavy (non-hydrogen) atoms. The molecule has 0 heterocycles. The van der Waals surface area contributed by atoms with Gasteiger partial charge in [0.05, 0.1) is 19.1 Å². The number of ketones is 1. The van der Waals surface area contributed by atoms with Gasteiger partial charge in [-0.3, -0.25) is 29.4 Å². The highest BCUT2D eigenvalue weighted by Gasteiger charge is 2.53. The lowest BCUT2D eigenvalue weighted by Crippen LogP contribution is -2.68. The Morgan fingerprint density at radius 2 is 1.77 bits per heavy atom. The summed E-state index contributed by atoms with van der Waals surface area (Å²) < 4.78 is 0. The summed E-state index contributed by atoms with van der Waals surface area (Å²) in [6, 6.07) is -1.20. The molecule has 0 spiro atoms. The highest BCUT2D eigenvalue weighted by atomic mass is 32.1. The van der Waals surface area contributed by atoms with Gasteiger partial charge in [-0.05, 0) is 26.2 Å². The van der Waals surface area contributed by atoms with Gasteiger partial charge in [-0.1, -0.05) is 26.2 Å². The summed E-state index contributed by atoms with van der Waals surface area (Å²) in [6.07, 6.45) is 5.78. The van der Waals surface area contributed by atoms with E-state index in [4.69, 9.17) is 16.9 Å². The Labute approximate surface area is 211 Å². The Kier molecular flexibility index (Phi) is 12.7. The second-order valence-electron chi connectivity index (χ2n) is 8.63. The minimum atomic E-state index is -1.97. The first-order chi connectivity index (χ1) is 16.5. The Bertz CT molecular complexity index is 788. The van der Waals surface area contributed by atoms with Crippen LogP contribution in [0.25, 0.3) is 0 Å². The molecule has 1 fully saturated rings. The third-order valence-electron chi connectivity index (χ3n) is 5.98. The average molecular weight is 513 g/mol. The average Bonchev–Trinajstić information content (AvgIpc) is 2.83. The number of carbonyl (C=O) groups excluding carboxylic acids is 5. The monoisotopic (exact) mass is 512 g/mol. The molecule has 1 saturated carbocycles. The molecular weight excluding hydrogens is 474 g/mol. The molecular formula is C22H38N7O5S. The molecule has 0 bridgehead atoms. The van der Waals surface area contributed by atoms with E-state index >= 15 is 0 Å². The number of carbonyl (C=O) groups is 4. The fourth-order valence-corrected chi connectivity index (χ4v) is 4.60. The maximum Gasteiger partial charge on any atom is 0.243 e. The molecule has 1 aliphatic carbocycles. The van der Waals surface area contributed by atoms with Crippen LogP contribution >= 0.6 is 12.6 Å². The summed E-state index contributed by atoms with van der Waals surface area (Å²) in [5.74, 6) is -2.54. The fourth-order valence-electron chi connectivity index (χ4n) is 4.15. The van der Waals surface area contributed by atoms with Crippen LogP contribution in [0.15, 0.2) is 0 Å². The molecule has 1 unspecified atom stereocenters. The summed E-state index contributed by atoms with van der Waals surface area (Å²) in [4.78, 5) is 64.2. The van der Waals surface area contributed by atoms with Crippen LogP contribution in [0.2, 0.25) is 0 Å². The van der Waals surface area contributed by atoms with E-state index in [0.717, 1.165) is 19.3 Å². The van der Waals surface area contributed by atoms with Gasteiger partial charge in [0.25, 0.3) is 0 Å². The third-order valence-corrected chi connectivity index (χ3v) is 6.61. The normalized spacial score (nSPS) is 17.3. The minimum absolute atomic E-state index is 0.0292. The van der Waals surface area contributed by atoms with Gasteiger partial charge in [0.1, 0.15) is 0 Å². The number of hydrogen-bond acceptors (Lipinski definition) is 8. The van der Waals surface area contributed by atoms with Gasteiger partial charge in [-0.25, -0.2) is 0 Å². The fraction of sp³-hybridized carbons (Fsp3) is 0.727. The number of hydrogen-bond donors (Lipinski definition) is 7. The molecule has 1 radical (unpaired) electrons. The van der Waals surface area contributed by atoms with Gasteiger partial charge < -0.3 is 32.3 Å². The van der Waals surface area contributed by atoms with Crippen molar-refractivity contribution in [3.8, 4) is 0 Å². The van der Waals surface area contributed by atoms with Gasteiger partial charge in [-0.2, -0.15) is 12.6 Å². The summed E-state index contributed by atoms with van der Waals surface area (Å²) in [6.45, 7) is 2.37. The van der Waals surface area contributed by atoms with Crippen molar-refractivity contribution in [3.63, 3.8) is 0 Å². The van der Waals surface area contributed by atoms with Crippen LogP contribution in [0.4, 0.5) is 0 Å². The van der Waals surface area contributed by atoms with Crippen molar-refractivity contribution in [2.45, 2.75) is 81.7 Å². The van der Waals surface area contributed by atoms with E-state index in [2.05, 4.69) is 28.6 Å². The standard InChI is InChI=1S/C22H38N7O5S/c1-3-16(31)22(13-30,17(35)9-10-26-21(24)25)29(15-7-5-4-6-8-15)19(33)12-27-18(32)11-28-20(34)14(2)23/h14-15,17,35H,3-12,23H2,1-2H3,(H,27,32)(H,28,34)(H4,24,25,26)/t14-,17?,22-/m0/s1. The van der Waals surface area contributed by atoms with Crippen LogP contribution in [0.1, 0.15) is 58.8 Å². The Morgan fingerprint density at radius 3 is 2.29 bits per heavy atom. The first-order valence-corrected chi connectivity index (χ1v) is 12.3. The number of nitrogens with zero attached hydrogens (tertiary/aromatic N) is 1. The summed E-state index contributed by atoms with van der Waals surface area (Å²) in [5.41, 5.74) is 8.80. The zero-order chi connectivity index (χ0) is 26.6. The SMILES string of the molecule is CCC(=O)[C@@]([C]=O)(C(S)CCNC(=N)N)N(C(=O)CNC(=O)CNC(=O)[C@H](C)N)C1CCCCC1. The van der Waals surface area contributed by atoms with Gasteiger partial charge >= 0.3 is 0 Å². The lowest BCUT2D eigenvalue weighted by molar-refractivity contribution is -0.146. The van der Waals surface area contributed by atoms with E-state index in [1.165, 1.54) is 11.8 Å². The van der Waals surface area contributed by atoms with Crippen LogP contribution in [-0.4, -0.2) is 83.2 Å². The van der Waals surface area contributed by atoms with E-state index in [9.17, 15) is 24.0 Å². The van der Waals surface area contributed by atoms with Crippen molar-refractivity contribution >= 4 is 48.4 Å². The van der Waals surface area contributed by atoms with Crippen LogP contribution < -0.4 is 27.4 Å². The van der Waals surface area contributed by atoms with E-state index in [0.29, 0.717) is 12.8 Å². The van der Waals surface area contributed by atoms with E-state index in [1.807, 2.05) is 6.29 Å². The predicted octanol–water partition coefficient (Wildman–Crippen LogP) is -1.27. The van der Waals surface area contributed by atoms with Gasteiger partial charge in [0.2, 0.25) is 24.0 Å². The molecule has 3 atom stereocenters.